The van der Waals surface area contributed by atoms with Gasteiger partial charge in [-0.25, -0.2) is 18.2 Å². The fraction of sp³-hybridized carbons (Fsp3) is 0.136. The number of amides is 2. The first-order valence-corrected chi connectivity index (χ1v) is 11.8. The van der Waals surface area contributed by atoms with E-state index in [2.05, 4.69) is 30.3 Å². The average molecular weight is 451 g/mol. The van der Waals surface area contributed by atoms with Crippen molar-refractivity contribution in [3.63, 3.8) is 0 Å². The van der Waals surface area contributed by atoms with Gasteiger partial charge in [0, 0.05) is 35.8 Å². The van der Waals surface area contributed by atoms with Gasteiger partial charge in [0.1, 0.15) is 0 Å². The number of nitrogens with zero attached hydrogens (tertiary/aromatic N) is 2. The molecule has 2 amide bonds. The summed E-state index contributed by atoms with van der Waals surface area (Å²) in [6.45, 7) is 2.32. The summed E-state index contributed by atoms with van der Waals surface area (Å²) in [5, 5.41) is 5.36. The van der Waals surface area contributed by atoms with E-state index in [-0.39, 0.29) is 6.03 Å². The van der Waals surface area contributed by atoms with Gasteiger partial charge in [0.05, 0.1) is 17.3 Å². The van der Waals surface area contributed by atoms with Gasteiger partial charge in [-0.05, 0) is 48.4 Å². The monoisotopic (exact) mass is 450 g/mol. The Kier molecular flexibility index (Phi) is 5.78. The van der Waals surface area contributed by atoms with E-state index in [1.807, 2.05) is 37.3 Å². The number of carbonyl (C=O) groups is 1. The molecule has 0 aliphatic heterocycles. The Morgan fingerprint density at radius 1 is 1.06 bits per heavy atom. The molecule has 4 N–H and O–H groups in total. The molecule has 4 rings (SSSR count). The maximum atomic E-state index is 12.0. The van der Waals surface area contributed by atoms with Gasteiger partial charge in [-0.15, -0.1) is 0 Å². The van der Waals surface area contributed by atoms with E-state index in [0.717, 1.165) is 34.0 Å². The van der Waals surface area contributed by atoms with E-state index in [1.54, 1.807) is 30.6 Å². The molecule has 0 fully saturated rings. The number of rotatable bonds is 6. The van der Waals surface area contributed by atoms with Crippen molar-refractivity contribution in [3.8, 4) is 22.3 Å². The molecule has 0 unspecified atom stereocenters. The minimum absolute atomic E-state index is 0.306. The van der Waals surface area contributed by atoms with E-state index in [9.17, 15) is 13.2 Å². The average Bonchev–Trinajstić information content (AvgIpc) is 3.15. The van der Waals surface area contributed by atoms with Crippen LogP contribution in [0.4, 0.5) is 16.4 Å². The summed E-state index contributed by atoms with van der Waals surface area (Å²) >= 11 is 0. The zero-order valence-electron chi connectivity index (χ0n) is 17.5. The van der Waals surface area contributed by atoms with Crippen LogP contribution in [0.2, 0.25) is 0 Å². The number of pyridine rings is 1. The number of imidazole rings is 1. The van der Waals surface area contributed by atoms with Crippen molar-refractivity contribution in [1.29, 1.82) is 0 Å². The van der Waals surface area contributed by atoms with Crippen LogP contribution in [-0.2, 0) is 10.0 Å². The van der Waals surface area contributed by atoms with Crippen LogP contribution in [0.25, 0.3) is 33.3 Å². The van der Waals surface area contributed by atoms with Crippen LogP contribution in [0.1, 0.15) is 6.92 Å². The fourth-order valence-electron chi connectivity index (χ4n) is 3.37. The Balaban J connectivity index is 1.86. The van der Waals surface area contributed by atoms with Crippen molar-refractivity contribution in [2.45, 2.75) is 6.92 Å². The molecule has 0 bridgehead atoms. The lowest BCUT2D eigenvalue weighted by atomic mass is 9.98. The lowest BCUT2D eigenvalue weighted by molar-refractivity contribution is 0.252. The first kappa shape index (κ1) is 21.3. The largest absolute Gasteiger partial charge is 0.338 e. The highest BCUT2D eigenvalue weighted by molar-refractivity contribution is 7.92. The van der Waals surface area contributed by atoms with Gasteiger partial charge in [0.15, 0.2) is 0 Å². The first-order valence-electron chi connectivity index (χ1n) is 9.89. The van der Waals surface area contributed by atoms with E-state index >= 15 is 0 Å². The fourth-order valence-corrected chi connectivity index (χ4v) is 3.93. The number of urea groups is 1. The molecule has 4 aromatic rings. The number of anilines is 2. The summed E-state index contributed by atoms with van der Waals surface area (Å²) in [4.78, 5) is 23.9. The minimum Gasteiger partial charge on any atom is -0.338 e. The van der Waals surface area contributed by atoms with Gasteiger partial charge in [-0.2, -0.15) is 0 Å². The molecule has 32 heavy (non-hydrogen) atoms. The Labute approximate surface area is 185 Å². The van der Waals surface area contributed by atoms with Crippen LogP contribution in [-0.4, -0.2) is 42.2 Å². The van der Waals surface area contributed by atoms with Crippen LogP contribution in [0.3, 0.4) is 0 Å². The van der Waals surface area contributed by atoms with Crippen LogP contribution >= 0.6 is 0 Å². The highest BCUT2D eigenvalue weighted by Gasteiger charge is 2.15. The summed E-state index contributed by atoms with van der Waals surface area (Å²) in [6.07, 6.45) is 4.57. The second-order valence-electron chi connectivity index (χ2n) is 7.19. The third kappa shape index (κ3) is 4.86. The van der Waals surface area contributed by atoms with Crippen molar-refractivity contribution in [1.82, 2.24) is 20.3 Å². The summed E-state index contributed by atoms with van der Waals surface area (Å²) < 4.78 is 25.9. The smallest absolute Gasteiger partial charge is 0.321 e. The van der Waals surface area contributed by atoms with E-state index < -0.39 is 10.0 Å². The highest BCUT2D eigenvalue weighted by Crippen LogP contribution is 2.34. The van der Waals surface area contributed by atoms with E-state index in [0.29, 0.717) is 23.7 Å². The minimum atomic E-state index is -3.42. The maximum Gasteiger partial charge on any atom is 0.321 e. The van der Waals surface area contributed by atoms with Crippen LogP contribution < -0.4 is 15.4 Å². The van der Waals surface area contributed by atoms with Crippen molar-refractivity contribution in [3.05, 3.63) is 60.9 Å². The molecule has 0 spiro atoms. The standard InChI is InChI=1S/C22H22N6O3S/c1-3-24-22(29)27-21-25-19-12-16(15-7-5-9-23-13-15)11-18(20(19)26-21)14-6-4-8-17(10-14)28-32(2,30)31/h4-13,28H,3H2,1-2H3,(H3,24,25,26,27,29). The maximum absolute atomic E-state index is 12.0. The van der Waals surface area contributed by atoms with Gasteiger partial charge < -0.3 is 10.3 Å². The van der Waals surface area contributed by atoms with Crippen molar-refractivity contribution < 1.29 is 13.2 Å². The number of benzene rings is 2. The van der Waals surface area contributed by atoms with Gasteiger partial charge >= 0.3 is 6.03 Å². The molecule has 0 radical (unpaired) electrons. The molecule has 2 heterocycles. The molecule has 10 heteroatoms. The molecule has 2 aromatic carbocycles. The summed E-state index contributed by atoms with van der Waals surface area (Å²) in [5.74, 6) is 0.306. The van der Waals surface area contributed by atoms with Crippen molar-refractivity contribution >= 4 is 38.7 Å². The van der Waals surface area contributed by atoms with Gasteiger partial charge in [0.25, 0.3) is 0 Å². The van der Waals surface area contributed by atoms with Crippen LogP contribution in [0, 0.1) is 0 Å². The lowest BCUT2D eigenvalue weighted by Crippen LogP contribution is -2.28. The number of hydrogen-bond acceptors (Lipinski definition) is 5. The second kappa shape index (κ2) is 8.67. The number of aromatic nitrogens is 3. The van der Waals surface area contributed by atoms with Crippen molar-refractivity contribution in [2.75, 3.05) is 22.8 Å². The number of fused-ring (bicyclic) bond motifs is 1. The van der Waals surface area contributed by atoms with E-state index in [1.165, 1.54) is 0 Å². The third-order valence-corrected chi connectivity index (χ3v) is 5.23. The summed E-state index contributed by atoms with van der Waals surface area (Å²) in [7, 11) is -3.42. The summed E-state index contributed by atoms with van der Waals surface area (Å²) in [6, 6.07) is 14.4. The Bertz CT molecular complexity index is 1380. The lowest BCUT2D eigenvalue weighted by Gasteiger charge is -2.10. The quantitative estimate of drug-likeness (QED) is 0.355. The number of nitrogens with one attached hydrogen (secondary N) is 4. The van der Waals surface area contributed by atoms with Gasteiger partial charge in [-0.1, -0.05) is 18.2 Å². The molecule has 0 aliphatic rings. The van der Waals surface area contributed by atoms with Crippen LogP contribution in [0.5, 0.6) is 0 Å². The Morgan fingerprint density at radius 3 is 2.59 bits per heavy atom. The van der Waals surface area contributed by atoms with Gasteiger partial charge in [-0.3, -0.25) is 15.0 Å². The molecular weight excluding hydrogens is 428 g/mol. The molecule has 0 atom stereocenters. The van der Waals surface area contributed by atoms with Gasteiger partial charge in [0.2, 0.25) is 16.0 Å². The molecule has 0 aliphatic carbocycles. The zero-order chi connectivity index (χ0) is 22.7. The normalized spacial score (nSPS) is 11.3. The first-order chi connectivity index (χ1) is 15.3. The second-order valence-corrected chi connectivity index (χ2v) is 8.94. The number of aromatic amines is 1. The third-order valence-electron chi connectivity index (χ3n) is 4.63. The number of hydrogen-bond donors (Lipinski definition) is 4. The Hall–Kier alpha value is -3.92. The highest BCUT2D eigenvalue weighted by atomic mass is 32.2. The number of H-pyrrole nitrogens is 1. The van der Waals surface area contributed by atoms with Crippen molar-refractivity contribution in [2.24, 2.45) is 0 Å². The number of carbonyl (C=O) groups excluding carboxylic acids is 1. The zero-order valence-corrected chi connectivity index (χ0v) is 18.3. The molecule has 0 saturated carbocycles. The molecule has 2 aromatic heterocycles. The predicted octanol–water partition coefficient (Wildman–Crippen LogP) is 3.80. The number of sulfonamides is 1. The summed E-state index contributed by atoms with van der Waals surface area (Å²) in [5.41, 5.74) is 5.16. The molecule has 9 nitrogen and oxygen atoms in total. The van der Waals surface area contributed by atoms with Crippen LogP contribution in [0.15, 0.2) is 60.9 Å². The van der Waals surface area contributed by atoms with E-state index in [4.69, 9.17) is 0 Å². The SMILES string of the molecule is CCNC(=O)Nc1nc2c(-c3cccc(NS(C)(=O)=O)c3)cc(-c3cccnc3)cc2[nH]1. The topological polar surface area (TPSA) is 129 Å². The Morgan fingerprint density at radius 2 is 1.88 bits per heavy atom. The predicted molar refractivity (Wildman–Crippen MR) is 126 cm³/mol. The molecular formula is C22H22N6O3S. The molecule has 0 saturated heterocycles. The molecule has 164 valence electrons.